The van der Waals surface area contributed by atoms with Gasteiger partial charge in [-0.15, -0.1) is 11.8 Å². The molecule has 6 nitrogen and oxygen atoms in total. The lowest BCUT2D eigenvalue weighted by atomic mass is 10.1. The van der Waals surface area contributed by atoms with Crippen molar-refractivity contribution in [3.05, 3.63) is 66.4 Å². The first-order valence-electron chi connectivity index (χ1n) is 8.14. The van der Waals surface area contributed by atoms with Gasteiger partial charge in [-0.1, -0.05) is 18.2 Å². The van der Waals surface area contributed by atoms with Crippen LogP contribution in [0.1, 0.15) is 10.4 Å². The van der Waals surface area contributed by atoms with Crippen molar-refractivity contribution in [2.45, 2.75) is 0 Å². The number of H-pyrrole nitrogens is 1. The Morgan fingerprint density at radius 1 is 1.04 bits per heavy atom. The molecule has 0 aliphatic carbocycles. The zero-order valence-corrected chi connectivity index (χ0v) is 14.8. The molecule has 0 aliphatic heterocycles. The second-order valence-electron chi connectivity index (χ2n) is 5.50. The van der Waals surface area contributed by atoms with Gasteiger partial charge in [-0.2, -0.15) is 0 Å². The Bertz CT molecular complexity index is 880. The SMILES string of the molecule is O=C(CSCCOc1ccccc1)NNC(=O)c1ccc2[nH]ccc2c1. The lowest BCUT2D eigenvalue weighted by molar-refractivity contribution is -0.119. The van der Waals surface area contributed by atoms with E-state index in [1.54, 1.807) is 12.1 Å². The molecule has 134 valence electrons. The molecule has 0 fully saturated rings. The molecule has 0 spiro atoms. The van der Waals surface area contributed by atoms with Gasteiger partial charge in [0.05, 0.1) is 12.4 Å². The Kier molecular flexibility index (Phi) is 6.16. The molecule has 0 bridgehead atoms. The van der Waals surface area contributed by atoms with Crippen molar-refractivity contribution in [2.24, 2.45) is 0 Å². The predicted octanol–water partition coefficient (Wildman–Crippen LogP) is 2.74. The molecule has 2 amide bonds. The van der Waals surface area contributed by atoms with Crippen LogP contribution in [0.4, 0.5) is 0 Å². The topological polar surface area (TPSA) is 83.2 Å². The predicted molar refractivity (Wildman–Crippen MR) is 103 cm³/mol. The molecule has 3 N–H and O–H groups in total. The molecule has 3 aromatic rings. The molecular weight excluding hydrogens is 350 g/mol. The highest BCUT2D eigenvalue weighted by Crippen LogP contribution is 2.14. The number of fused-ring (bicyclic) bond motifs is 1. The first-order valence-corrected chi connectivity index (χ1v) is 9.30. The van der Waals surface area contributed by atoms with Crippen LogP contribution >= 0.6 is 11.8 Å². The standard InChI is InChI=1S/C19H19N3O3S/c23-18(13-26-11-10-25-16-4-2-1-3-5-16)21-22-19(24)15-6-7-17-14(12-15)8-9-20-17/h1-9,12,20H,10-11,13H2,(H,21,23)(H,22,24). The van der Waals surface area contributed by atoms with Crippen LogP contribution in [0.3, 0.4) is 0 Å². The summed E-state index contributed by atoms with van der Waals surface area (Å²) < 4.78 is 5.55. The fourth-order valence-corrected chi connectivity index (χ4v) is 2.93. The molecule has 0 aliphatic rings. The van der Waals surface area contributed by atoms with E-state index in [0.717, 1.165) is 16.7 Å². The molecule has 3 rings (SSSR count). The van der Waals surface area contributed by atoms with E-state index in [-0.39, 0.29) is 17.6 Å². The zero-order valence-electron chi connectivity index (χ0n) is 14.0. The molecule has 7 heteroatoms. The average Bonchev–Trinajstić information content (AvgIpc) is 3.14. The van der Waals surface area contributed by atoms with Gasteiger partial charge in [0.15, 0.2) is 0 Å². The number of carbonyl (C=O) groups is 2. The summed E-state index contributed by atoms with van der Waals surface area (Å²) >= 11 is 1.44. The summed E-state index contributed by atoms with van der Waals surface area (Å²) in [5.74, 6) is 1.13. The monoisotopic (exact) mass is 369 g/mol. The maximum absolute atomic E-state index is 12.1. The van der Waals surface area contributed by atoms with Crippen molar-refractivity contribution in [2.75, 3.05) is 18.1 Å². The summed E-state index contributed by atoms with van der Waals surface area (Å²) in [4.78, 5) is 26.9. The van der Waals surface area contributed by atoms with E-state index < -0.39 is 0 Å². The third-order valence-corrected chi connectivity index (χ3v) is 4.53. The van der Waals surface area contributed by atoms with E-state index in [4.69, 9.17) is 4.74 Å². The minimum Gasteiger partial charge on any atom is -0.493 e. The van der Waals surface area contributed by atoms with Crippen LogP contribution in [0.2, 0.25) is 0 Å². The van der Waals surface area contributed by atoms with E-state index in [1.807, 2.05) is 48.7 Å². The summed E-state index contributed by atoms with van der Waals surface area (Å²) in [7, 11) is 0. The zero-order chi connectivity index (χ0) is 18.2. The molecule has 2 aromatic carbocycles. The van der Waals surface area contributed by atoms with Gasteiger partial charge in [-0.3, -0.25) is 20.4 Å². The maximum Gasteiger partial charge on any atom is 0.269 e. The van der Waals surface area contributed by atoms with Crippen molar-refractivity contribution in [1.29, 1.82) is 0 Å². The van der Waals surface area contributed by atoms with Gasteiger partial charge in [0.25, 0.3) is 5.91 Å². The molecule has 0 radical (unpaired) electrons. The van der Waals surface area contributed by atoms with Gasteiger partial charge in [0, 0.05) is 28.4 Å². The number of carbonyl (C=O) groups excluding carboxylic acids is 2. The Labute approximate surface area is 155 Å². The van der Waals surface area contributed by atoms with Gasteiger partial charge in [-0.05, 0) is 36.4 Å². The first kappa shape index (κ1) is 17.9. The third kappa shape index (κ3) is 5.03. The fraction of sp³-hybridized carbons (Fsp3) is 0.158. The van der Waals surface area contributed by atoms with E-state index in [0.29, 0.717) is 17.9 Å². The number of rotatable bonds is 7. The number of thioether (sulfide) groups is 1. The first-order chi connectivity index (χ1) is 12.7. The summed E-state index contributed by atoms with van der Waals surface area (Å²) in [6.45, 7) is 0.519. The van der Waals surface area contributed by atoms with E-state index >= 15 is 0 Å². The van der Waals surface area contributed by atoms with Gasteiger partial charge in [0.1, 0.15) is 5.75 Å². The van der Waals surface area contributed by atoms with E-state index in [2.05, 4.69) is 15.8 Å². The Morgan fingerprint density at radius 3 is 2.73 bits per heavy atom. The minimum absolute atomic E-state index is 0.245. The number of para-hydroxylation sites is 1. The second kappa shape index (κ2) is 8.96. The van der Waals surface area contributed by atoms with Crippen LogP contribution in [-0.4, -0.2) is 34.9 Å². The number of aromatic nitrogens is 1. The quantitative estimate of drug-likeness (QED) is 0.442. The highest BCUT2D eigenvalue weighted by atomic mass is 32.2. The molecule has 26 heavy (non-hydrogen) atoms. The van der Waals surface area contributed by atoms with Crippen LogP contribution in [0.25, 0.3) is 10.9 Å². The molecule has 0 unspecified atom stereocenters. The lowest BCUT2D eigenvalue weighted by Gasteiger charge is -2.08. The summed E-state index contributed by atoms with van der Waals surface area (Å²) in [6.07, 6.45) is 1.81. The van der Waals surface area contributed by atoms with Gasteiger partial charge < -0.3 is 9.72 Å². The summed E-state index contributed by atoms with van der Waals surface area (Å²) in [6, 6.07) is 16.7. The number of aromatic amines is 1. The van der Waals surface area contributed by atoms with Crippen LogP contribution in [0.15, 0.2) is 60.8 Å². The normalized spacial score (nSPS) is 10.5. The Hall–Kier alpha value is -2.93. The van der Waals surface area contributed by atoms with Crippen LogP contribution in [-0.2, 0) is 4.79 Å². The smallest absolute Gasteiger partial charge is 0.269 e. The number of hydrogen-bond donors (Lipinski definition) is 3. The third-order valence-electron chi connectivity index (χ3n) is 3.60. The van der Waals surface area contributed by atoms with Crippen molar-refractivity contribution in [3.63, 3.8) is 0 Å². The van der Waals surface area contributed by atoms with Crippen LogP contribution < -0.4 is 15.6 Å². The van der Waals surface area contributed by atoms with Crippen molar-refractivity contribution in [1.82, 2.24) is 15.8 Å². The number of benzene rings is 2. The number of hydrazine groups is 1. The highest BCUT2D eigenvalue weighted by Gasteiger charge is 2.08. The van der Waals surface area contributed by atoms with Crippen molar-refractivity contribution >= 4 is 34.5 Å². The van der Waals surface area contributed by atoms with Gasteiger partial charge in [-0.25, -0.2) is 0 Å². The Morgan fingerprint density at radius 2 is 1.88 bits per heavy atom. The number of amides is 2. The Balaban J connectivity index is 1.33. The molecule has 0 saturated carbocycles. The molecular formula is C19H19N3O3S. The molecule has 0 atom stereocenters. The van der Waals surface area contributed by atoms with E-state index in [1.165, 1.54) is 11.8 Å². The van der Waals surface area contributed by atoms with Gasteiger partial charge >= 0.3 is 0 Å². The number of nitrogens with one attached hydrogen (secondary N) is 3. The highest BCUT2D eigenvalue weighted by molar-refractivity contribution is 7.99. The average molecular weight is 369 g/mol. The molecule has 1 heterocycles. The minimum atomic E-state index is -0.348. The van der Waals surface area contributed by atoms with Crippen LogP contribution in [0, 0.1) is 0 Å². The molecule has 0 saturated heterocycles. The van der Waals surface area contributed by atoms with Gasteiger partial charge in [0.2, 0.25) is 5.91 Å². The lowest BCUT2D eigenvalue weighted by Crippen LogP contribution is -2.42. The van der Waals surface area contributed by atoms with Crippen molar-refractivity contribution in [3.8, 4) is 5.75 Å². The fourth-order valence-electron chi connectivity index (χ4n) is 2.33. The van der Waals surface area contributed by atoms with E-state index in [9.17, 15) is 9.59 Å². The number of hydrogen-bond acceptors (Lipinski definition) is 4. The van der Waals surface area contributed by atoms with Crippen molar-refractivity contribution < 1.29 is 14.3 Å². The second-order valence-corrected chi connectivity index (χ2v) is 6.60. The largest absolute Gasteiger partial charge is 0.493 e. The van der Waals surface area contributed by atoms with Crippen LogP contribution in [0.5, 0.6) is 5.75 Å². The number of ether oxygens (including phenoxy) is 1. The maximum atomic E-state index is 12.1. The summed E-state index contributed by atoms with van der Waals surface area (Å²) in [5.41, 5.74) is 6.30. The molecule has 1 aromatic heterocycles. The summed E-state index contributed by atoms with van der Waals surface area (Å²) in [5, 5.41) is 0.943.